The van der Waals surface area contributed by atoms with Crippen LogP contribution in [-0.4, -0.2) is 40.8 Å². The monoisotopic (exact) mass is 420 g/mol. The van der Waals surface area contributed by atoms with Crippen molar-refractivity contribution in [3.63, 3.8) is 0 Å². The van der Waals surface area contributed by atoms with Crippen LogP contribution in [0.4, 0.5) is 0 Å². The van der Waals surface area contributed by atoms with Crippen molar-refractivity contribution in [3.05, 3.63) is 0 Å². The molecule has 0 amide bonds. The Morgan fingerprint density at radius 3 is 1.48 bits per heavy atom. The number of hydrogen-bond donors (Lipinski definition) is 1. The van der Waals surface area contributed by atoms with E-state index >= 15 is 0 Å². The van der Waals surface area contributed by atoms with Crippen molar-refractivity contribution < 1.29 is 14.2 Å². The van der Waals surface area contributed by atoms with Crippen molar-refractivity contribution in [2.24, 2.45) is 0 Å². The van der Waals surface area contributed by atoms with Gasteiger partial charge in [0.25, 0.3) is 0 Å². The standard InChI is InChI=1S/C22H46O3P2/c1-5-9-11-13-19-26(24,7-3)22(17-15-21(23)16-18-22)27(25,8-4)20-14-12-10-6-2/h21,23H,5-20H2,1-4H3. The van der Waals surface area contributed by atoms with Gasteiger partial charge in [-0.25, -0.2) is 0 Å². The number of unbranched alkanes of at least 4 members (excludes halogenated alkanes) is 6. The molecule has 2 unspecified atom stereocenters. The molecule has 162 valence electrons. The number of aliphatic hydroxyl groups excluding tert-OH is 1. The molecule has 0 aromatic heterocycles. The van der Waals surface area contributed by atoms with Crippen LogP contribution in [0.5, 0.6) is 0 Å². The van der Waals surface area contributed by atoms with E-state index in [0.717, 1.165) is 38.0 Å². The fourth-order valence-electron chi connectivity index (χ4n) is 5.12. The maximum atomic E-state index is 14.4. The highest BCUT2D eigenvalue weighted by Gasteiger charge is 2.57. The lowest BCUT2D eigenvalue weighted by molar-refractivity contribution is 0.125. The highest BCUT2D eigenvalue weighted by molar-refractivity contribution is 7.83. The smallest absolute Gasteiger partial charge is 0.100 e. The molecule has 3 nitrogen and oxygen atoms in total. The van der Waals surface area contributed by atoms with Gasteiger partial charge in [0.15, 0.2) is 0 Å². The molecule has 0 aromatic carbocycles. The van der Waals surface area contributed by atoms with E-state index in [0.29, 0.717) is 38.0 Å². The molecule has 5 heteroatoms. The van der Waals surface area contributed by atoms with Gasteiger partial charge in [-0.1, -0.05) is 66.2 Å². The number of aliphatic hydroxyl groups is 1. The fraction of sp³-hybridized carbons (Fsp3) is 1.00. The van der Waals surface area contributed by atoms with Crippen molar-refractivity contribution in [2.45, 2.75) is 116 Å². The number of hydrogen-bond acceptors (Lipinski definition) is 3. The van der Waals surface area contributed by atoms with Crippen molar-refractivity contribution >= 4 is 14.3 Å². The molecule has 0 bridgehead atoms. The molecule has 0 aromatic rings. The molecule has 0 saturated heterocycles. The van der Waals surface area contributed by atoms with Gasteiger partial charge in [0, 0.05) is 12.3 Å². The average molecular weight is 421 g/mol. The first kappa shape index (κ1) is 25.5. The topological polar surface area (TPSA) is 54.4 Å². The Labute approximate surface area is 169 Å². The Bertz CT molecular complexity index is 460. The van der Waals surface area contributed by atoms with E-state index in [1.807, 2.05) is 0 Å². The van der Waals surface area contributed by atoms with E-state index in [2.05, 4.69) is 27.7 Å². The summed E-state index contributed by atoms with van der Waals surface area (Å²) in [7, 11) is -5.08. The van der Waals surface area contributed by atoms with Gasteiger partial charge < -0.3 is 14.2 Å². The SMILES string of the molecule is CCCCCCP(=O)(CC)C1(P(=O)(CC)CCCCCC)CCC(O)CC1. The molecule has 27 heavy (non-hydrogen) atoms. The third kappa shape index (κ3) is 6.20. The first-order valence-electron chi connectivity index (χ1n) is 11.7. The first-order valence-corrected chi connectivity index (χ1v) is 15.8. The molecular weight excluding hydrogens is 374 g/mol. The van der Waals surface area contributed by atoms with E-state index < -0.39 is 19.2 Å². The van der Waals surface area contributed by atoms with E-state index in [1.165, 1.54) is 25.7 Å². The summed E-state index contributed by atoms with van der Waals surface area (Å²) < 4.78 is 28.7. The Morgan fingerprint density at radius 1 is 0.741 bits per heavy atom. The fourth-order valence-corrected chi connectivity index (χ4v) is 15.5. The van der Waals surface area contributed by atoms with Gasteiger partial charge >= 0.3 is 0 Å². The molecule has 0 aliphatic heterocycles. The normalized spacial score (nSPS) is 27.8. The molecule has 0 heterocycles. The van der Waals surface area contributed by atoms with E-state index in [9.17, 15) is 14.2 Å². The summed E-state index contributed by atoms with van der Waals surface area (Å²) in [6, 6.07) is 0. The minimum absolute atomic E-state index is 0.297. The summed E-state index contributed by atoms with van der Waals surface area (Å²) in [5.41, 5.74) is 0. The number of rotatable bonds is 14. The minimum Gasteiger partial charge on any atom is -0.393 e. The van der Waals surface area contributed by atoms with Crippen LogP contribution in [0, 0.1) is 0 Å². The zero-order chi connectivity index (χ0) is 20.4. The second kappa shape index (κ2) is 12.2. The summed E-state index contributed by atoms with van der Waals surface area (Å²) in [5.74, 6) is 0. The Morgan fingerprint density at radius 2 is 1.15 bits per heavy atom. The molecule has 2 atom stereocenters. The van der Waals surface area contributed by atoms with Crippen molar-refractivity contribution in [2.75, 3.05) is 24.6 Å². The van der Waals surface area contributed by atoms with Crippen LogP contribution < -0.4 is 0 Å². The zero-order valence-corrected chi connectivity index (χ0v) is 20.3. The average Bonchev–Trinajstić information content (AvgIpc) is 2.68. The van der Waals surface area contributed by atoms with Crippen molar-refractivity contribution in [3.8, 4) is 0 Å². The third-order valence-electron chi connectivity index (χ3n) is 7.04. The minimum atomic E-state index is -2.54. The lowest BCUT2D eigenvalue weighted by Crippen LogP contribution is -2.38. The third-order valence-corrected chi connectivity index (χ3v) is 17.3. The highest BCUT2D eigenvalue weighted by Crippen LogP contribution is 2.80. The summed E-state index contributed by atoms with van der Waals surface area (Å²) in [5, 5.41) is 10.1. The van der Waals surface area contributed by atoms with Crippen LogP contribution in [0.2, 0.25) is 0 Å². The maximum absolute atomic E-state index is 14.4. The summed E-state index contributed by atoms with van der Waals surface area (Å²) >= 11 is 0. The van der Waals surface area contributed by atoms with Crippen LogP contribution >= 0.6 is 14.3 Å². The van der Waals surface area contributed by atoms with Gasteiger partial charge in [-0.3, -0.25) is 0 Å². The molecule has 0 radical (unpaired) electrons. The first-order chi connectivity index (χ1) is 12.8. The quantitative estimate of drug-likeness (QED) is 0.233. The summed E-state index contributed by atoms with van der Waals surface area (Å²) in [4.78, 5) is -0.485. The second-order valence-corrected chi connectivity index (χ2v) is 16.5. The second-order valence-electron chi connectivity index (χ2n) is 8.69. The maximum Gasteiger partial charge on any atom is 0.100 e. The molecule has 1 fully saturated rings. The molecule has 1 aliphatic rings. The van der Waals surface area contributed by atoms with Gasteiger partial charge in [-0.05, 0) is 50.8 Å². The lowest BCUT2D eigenvalue weighted by Gasteiger charge is -2.49. The Hall–Kier alpha value is 0.420. The van der Waals surface area contributed by atoms with Gasteiger partial charge in [0.1, 0.15) is 14.3 Å². The van der Waals surface area contributed by atoms with E-state index in [1.54, 1.807) is 0 Å². The van der Waals surface area contributed by atoms with Crippen LogP contribution in [-0.2, 0) is 9.13 Å². The van der Waals surface area contributed by atoms with E-state index in [4.69, 9.17) is 0 Å². The summed E-state index contributed by atoms with van der Waals surface area (Å²) in [6.07, 6.45) is 14.4. The van der Waals surface area contributed by atoms with Crippen LogP contribution in [0.15, 0.2) is 0 Å². The van der Waals surface area contributed by atoms with Gasteiger partial charge in [0.2, 0.25) is 0 Å². The van der Waals surface area contributed by atoms with E-state index in [-0.39, 0.29) is 6.10 Å². The molecule has 0 spiro atoms. The molecule has 1 rings (SSSR count). The largest absolute Gasteiger partial charge is 0.393 e. The van der Waals surface area contributed by atoms with Crippen LogP contribution in [0.3, 0.4) is 0 Å². The van der Waals surface area contributed by atoms with Crippen LogP contribution in [0.25, 0.3) is 0 Å². The Balaban J connectivity index is 3.13. The molecule has 1 N–H and O–H groups in total. The lowest BCUT2D eigenvalue weighted by atomic mass is 9.97. The Kier molecular flexibility index (Phi) is 11.5. The highest BCUT2D eigenvalue weighted by atomic mass is 31.2. The predicted octanol–water partition coefficient (Wildman–Crippen LogP) is 7.54. The van der Waals surface area contributed by atoms with Crippen LogP contribution in [0.1, 0.15) is 105 Å². The zero-order valence-electron chi connectivity index (χ0n) is 18.5. The van der Waals surface area contributed by atoms with Gasteiger partial charge in [0.05, 0.1) is 11.0 Å². The van der Waals surface area contributed by atoms with Gasteiger partial charge in [-0.15, -0.1) is 0 Å². The summed E-state index contributed by atoms with van der Waals surface area (Å²) in [6.45, 7) is 8.52. The predicted molar refractivity (Wildman–Crippen MR) is 122 cm³/mol. The van der Waals surface area contributed by atoms with Gasteiger partial charge in [-0.2, -0.15) is 0 Å². The molecular formula is C22H46O3P2. The molecule has 1 saturated carbocycles. The van der Waals surface area contributed by atoms with Crippen molar-refractivity contribution in [1.29, 1.82) is 0 Å². The molecule has 1 aliphatic carbocycles. The van der Waals surface area contributed by atoms with Crippen molar-refractivity contribution in [1.82, 2.24) is 0 Å².